The smallest absolute Gasteiger partial charge is 0.190 e. The zero-order chi connectivity index (χ0) is 14.3. The number of pyridine rings is 1. The molecule has 1 heterocycles. The number of aromatic nitrogens is 1. The van der Waals surface area contributed by atoms with Crippen molar-refractivity contribution in [1.82, 2.24) is 4.98 Å². The number of halogens is 7. The molecule has 1 aromatic heterocycles. The fourth-order valence-electron chi connectivity index (χ4n) is 1.44. The monoisotopic (exact) mass is 361 g/mol. The summed E-state index contributed by atoms with van der Waals surface area (Å²) in [5, 5.41) is -0.368. The van der Waals surface area contributed by atoms with Gasteiger partial charge in [-0.3, -0.25) is 0 Å². The largest absolute Gasteiger partial charge is 0.223 e. The average Bonchev–Trinajstić information content (AvgIpc) is 2.37. The van der Waals surface area contributed by atoms with Crippen LogP contribution < -0.4 is 0 Å². The molecular formula is C11H2Cl5F2N. The Balaban J connectivity index is 2.83. The number of hydrogen-bond acceptors (Lipinski definition) is 1. The maximum Gasteiger partial charge on any atom is 0.223 e. The van der Waals surface area contributed by atoms with E-state index in [2.05, 4.69) is 4.98 Å². The van der Waals surface area contributed by atoms with Crippen LogP contribution in [0.2, 0.25) is 25.1 Å². The van der Waals surface area contributed by atoms with Crippen molar-refractivity contribution in [3.63, 3.8) is 0 Å². The third-order valence-electron chi connectivity index (χ3n) is 2.29. The third-order valence-corrected chi connectivity index (χ3v) is 4.57. The first kappa shape index (κ1) is 15.1. The van der Waals surface area contributed by atoms with Crippen LogP contribution in [0.4, 0.5) is 8.78 Å². The van der Waals surface area contributed by atoms with Crippen LogP contribution in [0.1, 0.15) is 0 Å². The van der Waals surface area contributed by atoms with Crippen LogP contribution >= 0.6 is 58.0 Å². The maximum atomic E-state index is 13.7. The molecule has 0 amide bonds. The Morgan fingerprint density at radius 2 is 1.21 bits per heavy atom. The molecule has 0 fully saturated rings. The second kappa shape index (κ2) is 5.58. The summed E-state index contributed by atoms with van der Waals surface area (Å²) in [5.41, 5.74) is -0.121. The van der Waals surface area contributed by atoms with Crippen molar-refractivity contribution in [2.24, 2.45) is 0 Å². The number of rotatable bonds is 1. The molecule has 0 aliphatic heterocycles. The maximum absolute atomic E-state index is 13.7. The molecule has 0 bridgehead atoms. The van der Waals surface area contributed by atoms with Crippen molar-refractivity contribution >= 4 is 58.0 Å². The molecule has 0 spiro atoms. The predicted octanol–water partition coefficient (Wildman–Crippen LogP) is 6.29. The van der Waals surface area contributed by atoms with Crippen LogP contribution in [-0.2, 0) is 0 Å². The van der Waals surface area contributed by atoms with E-state index >= 15 is 0 Å². The van der Waals surface area contributed by atoms with E-state index in [0.29, 0.717) is 0 Å². The molecule has 0 unspecified atom stereocenters. The van der Waals surface area contributed by atoms with Gasteiger partial charge in [-0.1, -0.05) is 58.0 Å². The van der Waals surface area contributed by atoms with Gasteiger partial charge in [0.15, 0.2) is 0 Å². The molecule has 1 nitrogen and oxygen atoms in total. The lowest BCUT2D eigenvalue weighted by Crippen LogP contribution is -1.95. The lowest BCUT2D eigenvalue weighted by Gasteiger charge is -2.12. The molecule has 2 rings (SSSR count). The average molecular weight is 363 g/mol. The Morgan fingerprint density at radius 1 is 0.737 bits per heavy atom. The molecule has 1 aromatic carbocycles. The topological polar surface area (TPSA) is 12.9 Å². The Hall–Kier alpha value is -0.320. The Bertz CT molecular complexity index is 646. The lowest BCUT2D eigenvalue weighted by molar-refractivity contribution is 0.515. The predicted molar refractivity (Wildman–Crippen MR) is 74.6 cm³/mol. The van der Waals surface area contributed by atoms with Crippen LogP contribution in [0, 0.1) is 11.9 Å². The molecule has 100 valence electrons. The highest BCUT2D eigenvalue weighted by atomic mass is 35.5. The lowest BCUT2D eigenvalue weighted by atomic mass is 10.1. The fraction of sp³-hybridized carbons (Fsp3) is 0. The summed E-state index contributed by atoms with van der Waals surface area (Å²) in [6.45, 7) is 0. The van der Waals surface area contributed by atoms with E-state index in [1.165, 1.54) is 0 Å². The van der Waals surface area contributed by atoms with Gasteiger partial charge in [0.05, 0.1) is 25.1 Å². The minimum Gasteiger partial charge on any atom is -0.190 e. The zero-order valence-corrected chi connectivity index (χ0v) is 12.5. The molecule has 0 saturated heterocycles. The van der Waals surface area contributed by atoms with Gasteiger partial charge >= 0.3 is 0 Å². The molecule has 0 aliphatic rings. The number of benzene rings is 1. The van der Waals surface area contributed by atoms with Crippen molar-refractivity contribution in [3.05, 3.63) is 49.1 Å². The number of hydrogen-bond donors (Lipinski definition) is 0. The summed E-state index contributed by atoms with van der Waals surface area (Å²) in [6, 6.07) is 2.09. The van der Waals surface area contributed by atoms with Crippen LogP contribution in [-0.4, -0.2) is 4.98 Å². The van der Waals surface area contributed by atoms with E-state index in [1.54, 1.807) is 0 Å². The van der Waals surface area contributed by atoms with Gasteiger partial charge in [0.25, 0.3) is 0 Å². The Kier molecular flexibility index (Phi) is 4.43. The van der Waals surface area contributed by atoms with E-state index in [1.807, 2.05) is 0 Å². The molecule has 2 aromatic rings. The second-order valence-corrected chi connectivity index (χ2v) is 5.31. The van der Waals surface area contributed by atoms with Crippen molar-refractivity contribution in [3.8, 4) is 11.1 Å². The van der Waals surface area contributed by atoms with Crippen LogP contribution in [0.3, 0.4) is 0 Å². The van der Waals surface area contributed by atoms with Gasteiger partial charge in [-0.25, -0.2) is 0 Å². The highest BCUT2D eigenvalue weighted by molar-refractivity contribution is 6.56. The van der Waals surface area contributed by atoms with Crippen molar-refractivity contribution in [1.29, 1.82) is 0 Å². The summed E-state index contributed by atoms with van der Waals surface area (Å²) in [5.74, 6) is -2.06. The molecule has 8 heteroatoms. The zero-order valence-electron chi connectivity index (χ0n) is 8.75. The third kappa shape index (κ3) is 2.63. The SMILES string of the molecule is Fc1ccc(-c2c(Cl)c(Cl)c(Cl)c(Cl)c2Cl)c(F)n1. The first-order chi connectivity index (χ1) is 8.84. The van der Waals surface area contributed by atoms with Crippen LogP contribution in [0.15, 0.2) is 12.1 Å². The van der Waals surface area contributed by atoms with Crippen molar-refractivity contribution < 1.29 is 8.78 Å². The molecule has 19 heavy (non-hydrogen) atoms. The van der Waals surface area contributed by atoms with Gasteiger partial charge in [0, 0.05) is 11.1 Å². The quantitative estimate of drug-likeness (QED) is 0.329. The highest BCUT2D eigenvalue weighted by Crippen LogP contribution is 2.48. The van der Waals surface area contributed by atoms with Crippen molar-refractivity contribution in [2.75, 3.05) is 0 Å². The normalized spacial score (nSPS) is 10.9. The van der Waals surface area contributed by atoms with Gasteiger partial charge < -0.3 is 0 Å². The molecule has 0 radical (unpaired) electrons. The Labute approximate surface area is 132 Å². The highest BCUT2D eigenvalue weighted by Gasteiger charge is 2.23. The van der Waals surface area contributed by atoms with Crippen molar-refractivity contribution in [2.45, 2.75) is 0 Å². The van der Waals surface area contributed by atoms with E-state index in [9.17, 15) is 8.78 Å². The second-order valence-electron chi connectivity index (χ2n) is 3.42. The van der Waals surface area contributed by atoms with E-state index in [-0.39, 0.29) is 36.2 Å². The van der Waals surface area contributed by atoms with Gasteiger partial charge in [0.1, 0.15) is 0 Å². The van der Waals surface area contributed by atoms with Gasteiger partial charge in [-0.15, -0.1) is 0 Å². The first-order valence-electron chi connectivity index (χ1n) is 4.68. The summed E-state index contributed by atoms with van der Waals surface area (Å²) in [6.07, 6.45) is 0. The van der Waals surface area contributed by atoms with Crippen LogP contribution in [0.5, 0.6) is 0 Å². The van der Waals surface area contributed by atoms with Crippen LogP contribution in [0.25, 0.3) is 11.1 Å². The molecular weight excluding hydrogens is 361 g/mol. The van der Waals surface area contributed by atoms with Gasteiger partial charge in [-0.2, -0.15) is 13.8 Å². The standard InChI is InChI=1S/C11H2Cl5F2N/c12-6-5(3-1-2-4(17)19-11(3)18)7(13)9(15)10(16)8(6)14/h1-2H. The summed E-state index contributed by atoms with van der Waals surface area (Å²) < 4.78 is 26.5. The fourth-order valence-corrected chi connectivity index (χ4v) is 2.78. The van der Waals surface area contributed by atoms with E-state index in [0.717, 1.165) is 12.1 Å². The van der Waals surface area contributed by atoms with E-state index < -0.39 is 11.9 Å². The first-order valence-corrected chi connectivity index (χ1v) is 6.57. The van der Waals surface area contributed by atoms with Gasteiger partial charge in [-0.05, 0) is 12.1 Å². The molecule has 0 aliphatic carbocycles. The summed E-state index contributed by atoms with van der Waals surface area (Å²) in [4.78, 5) is 3.04. The summed E-state index contributed by atoms with van der Waals surface area (Å²) >= 11 is 29.5. The van der Waals surface area contributed by atoms with Gasteiger partial charge in [0.2, 0.25) is 11.9 Å². The molecule has 0 atom stereocenters. The summed E-state index contributed by atoms with van der Waals surface area (Å²) in [7, 11) is 0. The minimum absolute atomic E-state index is 0.00716. The molecule has 0 N–H and O–H groups in total. The minimum atomic E-state index is -1.08. The molecule has 0 saturated carbocycles. The Morgan fingerprint density at radius 3 is 1.68 bits per heavy atom. The van der Waals surface area contributed by atoms with E-state index in [4.69, 9.17) is 58.0 Å². The number of nitrogens with zero attached hydrogens (tertiary/aromatic N) is 1.